The first-order valence-corrected chi connectivity index (χ1v) is 14.2. The number of aliphatic hydroxyl groups excluding tert-OH is 1. The Labute approximate surface area is 250 Å². The van der Waals surface area contributed by atoms with Crippen molar-refractivity contribution in [2.24, 2.45) is 16.6 Å². The van der Waals surface area contributed by atoms with Gasteiger partial charge in [0.25, 0.3) is 0 Å². The summed E-state index contributed by atoms with van der Waals surface area (Å²) in [4.78, 5) is 55.9. The van der Waals surface area contributed by atoms with Gasteiger partial charge in [-0.2, -0.15) is 0 Å². The minimum absolute atomic E-state index is 0.0341. The van der Waals surface area contributed by atoms with Crippen LogP contribution in [-0.2, 0) is 27.2 Å². The second kappa shape index (κ2) is 16.1. The second-order valence-electron chi connectivity index (χ2n) is 10.8. The van der Waals surface area contributed by atoms with E-state index in [4.69, 9.17) is 5.73 Å². The second-order valence-corrected chi connectivity index (χ2v) is 10.8. The molecule has 0 saturated heterocycles. The molecule has 5 atom stereocenters. The monoisotopic (exact) mass is 595 g/mol. The van der Waals surface area contributed by atoms with Gasteiger partial charge in [0, 0.05) is 13.0 Å². The third-order valence-corrected chi connectivity index (χ3v) is 7.05. The molecule has 0 bridgehead atoms. The number of nitrogens with one attached hydrogen (secondary N) is 5. The number of carbonyl (C=O) groups excluding carboxylic acids is 3. The molecule has 1 unspecified atom stereocenters. The summed E-state index contributed by atoms with van der Waals surface area (Å²) in [6.07, 6.45) is 0.768. The molecule has 13 heteroatoms. The molecule has 232 valence electrons. The van der Waals surface area contributed by atoms with Crippen molar-refractivity contribution in [3.63, 3.8) is 0 Å². The maximum atomic E-state index is 13.6. The van der Waals surface area contributed by atoms with Crippen molar-refractivity contribution in [2.45, 2.75) is 63.3 Å². The van der Waals surface area contributed by atoms with Gasteiger partial charge in [0.15, 0.2) is 5.96 Å². The summed E-state index contributed by atoms with van der Waals surface area (Å²) in [7, 11) is 0. The van der Waals surface area contributed by atoms with Crippen LogP contribution < -0.4 is 32.3 Å². The molecule has 43 heavy (non-hydrogen) atoms. The van der Waals surface area contributed by atoms with E-state index in [9.17, 15) is 29.4 Å². The van der Waals surface area contributed by atoms with Crippen molar-refractivity contribution < 1.29 is 29.4 Å². The third-order valence-electron chi connectivity index (χ3n) is 7.05. The molecule has 0 saturated carbocycles. The van der Waals surface area contributed by atoms with Crippen LogP contribution in [0.1, 0.15) is 31.4 Å². The lowest BCUT2D eigenvalue weighted by Gasteiger charge is -2.32. The molecule has 0 aromatic heterocycles. The first-order valence-electron chi connectivity index (χ1n) is 14.2. The Balaban J connectivity index is 1.73. The Morgan fingerprint density at radius 1 is 0.907 bits per heavy atom. The summed E-state index contributed by atoms with van der Waals surface area (Å²) in [6.45, 7) is 3.51. The zero-order valence-electron chi connectivity index (χ0n) is 24.3. The number of hydrogen-bond donors (Lipinski definition) is 8. The lowest BCUT2D eigenvalue weighted by atomic mass is 9.98. The number of aliphatic carboxylic acids is 1. The SMILES string of the molecule is CC(C)[C@H](NC(=O)[C@@H](NC(=O)N[C@@H](Cc1ccccc1)C(=O)O)[C@@H]1CCN=C(N)N1)C(=O)NC(CO)Cc1ccccc1. The molecule has 0 aliphatic carbocycles. The summed E-state index contributed by atoms with van der Waals surface area (Å²) >= 11 is 0. The molecule has 1 heterocycles. The maximum absolute atomic E-state index is 13.6. The van der Waals surface area contributed by atoms with Gasteiger partial charge in [0.2, 0.25) is 11.8 Å². The lowest BCUT2D eigenvalue weighted by Crippen LogP contribution is -2.65. The average Bonchev–Trinajstić information content (AvgIpc) is 2.98. The molecular formula is C30H41N7O6. The van der Waals surface area contributed by atoms with Crippen LogP contribution in [0.2, 0.25) is 0 Å². The van der Waals surface area contributed by atoms with Crippen molar-refractivity contribution >= 4 is 29.8 Å². The van der Waals surface area contributed by atoms with Crippen molar-refractivity contribution in [1.82, 2.24) is 26.6 Å². The minimum atomic E-state index is -1.26. The Morgan fingerprint density at radius 2 is 1.51 bits per heavy atom. The van der Waals surface area contributed by atoms with Gasteiger partial charge in [-0.1, -0.05) is 74.5 Å². The van der Waals surface area contributed by atoms with Crippen molar-refractivity contribution in [1.29, 1.82) is 0 Å². The topological polar surface area (TPSA) is 207 Å². The zero-order valence-corrected chi connectivity index (χ0v) is 24.3. The number of carbonyl (C=O) groups is 4. The average molecular weight is 596 g/mol. The number of nitrogens with two attached hydrogens (primary N) is 1. The van der Waals surface area contributed by atoms with Gasteiger partial charge in [-0.05, 0) is 29.9 Å². The molecule has 1 aliphatic heterocycles. The molecule has 0 radical (unpaired) electrons. The smallest absolute Gasteiger partial charge is 0.326 e. The molecule has 2 aromatic rings. The minimum Gasteiger partial charge on any atom is -0.480 e. The number of aliphatic imine (C=N–C) groups is 1. The van der Waals surface area contributed by atoms with Crippen LogP contribution >= 0.6 is 0 Å². The third kappa shape index (κ3) is 10.3. The quantitative estimate of drug-likeness (QED) is 0.147. The Hall–Kier alpha value is -4.65. The largest absolute Gasteiger partial charge is 0.480 e. The number of rotatable bonds is 14. The predicted octanol–water partition coefficient (Wildman–Crippen LogP) is -0.113. The number of hydrogen-bond acceptors (Lipinski definition) is 8. The maximum Gasteiger partial charge on any atom is 0.326 e. The van der Waals surface area contributed by atoms with Crippen LogP contribution in [-0.4, -0.2) is 83.3 Å². The number of carboxylic acids is 1. The Bertz CT molecular complexity index is 1260. The lowest BCUT2D eigenvalue weighted by molar-refractivity contribution is -0.139. The zero-order chi connectivity index (χ0) is 31.4. The summed E-state index contributed by atoms with van der Waals surface area (Å²) in [6, 6.07) is 12.6. The number of carboxylic acid groups (broad SMARTS) is 1. The number of urea groups is 1. The highest BCUT2D eigenvalue weighted by molar-refractivity contribution is 5.94. The van der Waals surface area contributed by atoms with Crippen LogP contribution in [0.3, 0.4) is 0 Å². The number of amides is 4. The molecule has 1 aliphatic rings. The number of benzene rings is 2. The molecule has 0 fully saturated rings. The van der Waals surface area contributed by atoms with E-state index in [2.05, 4.69) is 31.6 Å². The standard InChI is InChI=1S/C30H41N7O6/c1-18(2)24(26(39)33-21(17-38)15-19-9-5-3-6-10-19)36-27(40)25(22-13-14-32-29(31)34-22)37-30(43)35-23(28(41)42)16-20-11-7-4-8-12-20/h3-12,18,21-25,38H,13-17H2,1-2H3,(H,33,39)(H,36,40)(H,41,42)(H3,31,32,34)(H2,35,37,43)/t21?,22-,23-,24-,25-/m0/s1. The van der Waals surface area contributed by atoms with Gasteiger partial charge < -0.3 is 42.5 Å². The summed E-state index contributed by atoms with van der Waals surface area (Å²) in [5.74, 6) is -2.66. The van der Waals surface area contributed by atoms with Crippen LogP contribution in [0.15, 0.2) is 65.7 Å². The predicted molar refractivity (Wildman–Crippen MR) is 161 cm³/mol. The normalized spacial score (nSPS) is 17.3. The molecule has 4 amide bonds. The molecule has 3 rings (SSSR count). The fourth-order valence-corrected chi connectivity index (χ4v) is 4.75. The first-order chi connectivity index (χ1) is 20.6. The molecule has 2 aromatic carbocycles. The van der Waals surface area contributed by atoms with E-state index < -0.39 is 54.0 Å². The van der Waals surface area contributed by atoms with Gasteiger partial charge in [-0.15, -0.1) is 0 Å². The highest BCUT2D eigenvalue weighted by Crippen LogP contribution is 2.10. The number of guanidine groups is 1. The fourth-order valence-electron chi connectivity index (χ4n) is 4.75. The van der Waals surface area contributed by atoms with E-state index in [0.717, 1.165) is 5.56 Å². The van der Waals surface area contributed by atoms with Crippen molar-refractivity contribution in [2.75, 3.05) is 13.2 Å². The van der Waals surface area contributed by atoms with E-state index in [1.165, 1.54) is 0 Å². The van der Waals surface area contributed by atoms with Gasteiger partial charge in [0.1, 0.15) is 18.1 Å². The van der Waals surface area contributed by atoms with Crippen LogP contribution in [0.25, 0.3) is 0 Å². The van der Waals surface area contributed by atoms with E-state index in [1.807, 2.05) is 30.3 Å². The molecular weight excluding hydrogens is 554 g/mol. The first kappa shape index (κ1) is 32.9. The summed E-state index contributed by atoms with van der Waals surface area (Å²) in [5, 5.41) is 33.0. The van der Waals surface area contributed by atoms with Crippen LogP contribution in [0.5, 0.6) is 0 Å². The van der Waals surface area contributed by atoms with Crippen molar-refractivity contribution in [3.8, 4) is 0 Å². The van der Waals surface area contributed by atoms with Crippen molar-refractivity contribution in [3.05, 3.63) is 71.8 Å². The number of aliphatic hydroxyl groups is 1. The summed E-state index contributed by atoms with van der Waals surface area (Å²) in [5.41, 5.74) is 7.48. The van der Waals surface area contributed by atoms with E-state index in [1.54, 1.807) is 44.2 Å². The van der Waals surface area contributed by atoms with Gasteiger partial charge in [-0.3, -0.25) is 14.6 Å². The highest BCUT2D eigenvalue weighted by Gasteiger charge is 2.36. The van der Waals surface area contributed by atoms with E-state index in [0.29, 0.717) is 24.9 Å². The number of nitrogens with zero attached hydrogens (tertiary/aromatic N) is 1. The van der Waals surface area contributed by atoms with Gasteiger partial charge in [0.05, 0.1) is 18.7 Å². The van der Waals surface area contributed by atoms with Gasteiger partial charge >= 0.3 is 12.0 Å². The highest BCUT2D eigenvalue weighted by atomic mass is 16.4. The van der Waals surface area contributed by atoms with Crippen LogP contribution in [0, 0.1) is 5.92 Å². The molecule has 13 nitrogen and oxygen atoms in total. The molecule has 0 spiro atoms. The Kier molecular flexibility index (Phi) is 12.3. The fraction of sp³-hybridized carbons (Fsp3) is 0.433. The molecule has 9 N–H and O–H groups in total. The summed E-state index contributed by atoms with van der Waals surface area (Å²) < 4.78 is 0. The van der Waals surface area contributed by atoms with E-state index in [-0.39, 0.29) is 24.9 Å². The van der Waals surface area contributed by atoms with Gasteiger partial charge in [-0.25, -0.2) is 9.59 Å². The Morgan fingerprint density at radius 3 is 2.05 bits per heavy atom. The van der Waals surface area contributed by atoms with Crippen LogP contribution in [0.4, 0.5) is 4.79 Å². The van der Waals surface area contributed by atoms with E-state index >= 15 is 0 Å².